The van der Waals surface area contributed by atoms with Crippen molar-refractivity contribution in [2.24, 2.45) is 16.5 Å². The predicted molar refractivity (Wildman–Crippen MR) is 66.8 cm³/mol. The van der Waals surface area contributed by atoms with Crippen LogP contribution in [0, 0.1) is 0 Å². The largest absolute Gasteiger partial charge is 0.388 e. The van der Waals surface area contributed by atoms with Crippen LogP contribution in [0.2, 0.25) is 0 Å². The second-order valence-electron chi connectivity index (χ2n) is 5.47. The Balaban J connectivity index is 2.87. The molecule has 106 valence electrons. The van der Waals surface area contributed by atoms with Crippen molar-refractivity contribution in [2.75, 3.05) is 0 Å². The first-order valence-electron chi connectivity index (χ1n) is 5.90. The lowest BCUT2D eigenvalue weighted by Gasteiger charge is -2.41. The first-order valence-corrected chi connectivity index (χ1v) is 5.90. The van der Waals surface area contributed by atoms with E-state index in [1.165, 1.54) is 0 Å². The second kappa shape index (κ2) is 5.40. The lowest BCUT2D eigenvalue weighted by Crippen LogP contribution is -2.58. The zero-order chi connectivity index (χ0) is 14.1. The van der Waals surface area contributed by atoms with Gasteiger partial charge in [-0.1, -0.05) is 0 Å². The van der Waals surface area contributed by atoms with E-state index >= 15 is 0 Å². The number of hydrogen-bond donors (Lipinski definition) is 4. The maximum Gasteiger partial charge on any atom is 0.186 e. The van der Waals surface area contributed by atoms with Crippen LogP contribution >= 0.6 is 0 Å². The molecular weight excluding hydrogens is 238 g/mol. The summed E-state index contributed by atoms with van der Waals surface area (Å²) in [5.74, 6) is -0.193. The van der Waals surface area contributed by atoms with Crippen molar-refractivity contribution in [1.29, 1.82) is 0 Å². The zero-order valence-electron chi connectivity index (χ0n) is 11.2. The minimum absolute atomic E-state index is 0.193. The Labute approximate surface area is 107 Å². The van der Waals surface area contributed by atoms with Gasteiger partial charge < -0.3 is 31.2 Å². The summed E-state index contributed by atoms with van der Waals surface area (Å²) in [6.07, 6.45) is -3.52. The van der Waals surface area contributed by atoms with Gasteiger partial charge in [-0.25, -0.2) is 4.99 Å². The fourth-order valence-electron chi connectivity index (χ4n) is 1.78. The van der Waals surface area contributed by atoms with Crippen LogP contribution in [0.5, 0.6) is 0 Å². The normalized spacial score (nSPS) is 37.3. The zero-order valence-corrected chi connectivity index (χ0v) is 11.2. The van der Waals surface area contributed by atoms with E-state index in [1.807, 2.05) is 20.8 Å². The van der Waals surface area contributed by atoms with E-state index in [2.05, 4.69) is 4.99 Å². The van der Waals surface area contributed by atoms with Gasteiger partial charge in [0.25, 0.3) is 0 Å². The lowest BCUT2D eigenvalue weighted by molar-refractivity contribution is -0.292. The van der Waals surface area contributed by atoms with E-state index < -0.39 is 36.2 Å². The third kappa shape index (κ3) is 3.81. The summed E-state index contributed by atoms with van der Waals surface area (Å²) >= 11 is 0. The van der Waals surface area contributed by atoms with Gasteiger partial charge in [-0.05, 0) is 27.7 Å². The highest BCUT2D eigenvalue weighted by Crippen LogP contribution is 2.27. The summed E-state index contributed by atoms with van der Waals surface area (Å²) in [4.78, 5) is 3.84. The Morgan fingerprint density at radius 1 is 1.22 bits per heavy atom. The van der Waals surface area contributed by atoms with E-state index in [1.54, 1.807) is 6.92 Å². The van der Waals surface area contributed by atoms with Crippen molar-refractivity contribution in [3.8, 4) is 0 Å². The third-order valence-electron chi connectivity index (χ3n) is 2.58. The number of aliphatic hydroxyl groups is 2. The predicted octanol–water partition coefficient (Wildman–Crippen LogP) is -1.09. The Morgan fingerprint density at radius 3 is 2.22 bits per heavy atom. The van der Waals surface area contributed by atoms with Gasteiger partial charge in [0.05, 0.1) is 11.7 Å². The molecule has 0 amide bonds. The molecule has 1 saturated heterocycles. The summed E-state index contributed by atoms with van der Waals surface area (Å²) in [5.41, 5.74) is 10.1. The van der Waals surface area contributed by atoms with Crippen LogP contribution in [0.3, 0.4) is 0 Å². The highest BCUT2D eigenvalue weighted by atomic mass is 16.7. The number of rotatable bonds is 2. The molecule has 0 aromatic rings. The molecule has 1 unspecified atom stereocenters. The summed E-state index contributed by atoms with van der Waals surface area (Å²) in [6, 6.07) is -0.855. The van der Waals surface area contributed by atoms with Gasteiger partial charge in [-0.3, -0.25) is 0 Å². The van der Waals surface area contributed by atoms with Crippen molar-refractivity contribution in [3.63, 3.8) is 0 Å². The second-order valence-corrected chi connectivity index (χ2v) is 5.47. The Hall–Kier alpha value is -0.890. The first-order chi connectivity index (χ1) is 8.11. The van der Waals surface area contributed by atoms with E-state index in [0.717, 1.165) is 0 Å². The van der Waals surface area contributed by atoms with Crippen molar-refractivity contribution in [3.05, 3.63) is 0 Å². The molecule has 1 heterocycles. The van der Waals surface area contributed by atoms with Crippen LogP contribution in [0.4, 0.5) is 0 Å². The number of nitrogens with two attached hydrogens (primary N) is 2. The molecule has 0 bridgehead atoms. The fourth-order valence-corrected chi connectivity index (χ4v) is 1.78. The molecule has 0 spiro atoms. The van der Waals surface area contributed by atoms with Gasteiger partial charge in [0.2, 0.25) is 0 Å². The average molecular weight is 261 g/mol. The monoisotopic (exact) mass is 261 g/mol. The number of ether oxygens (including phenoxy) is 2. The maximum atomic E-state index is 10.1. The maximum absolute atomic E-state index is 10.1. The molecule has 7 heteroatoms. The topological polar surface area (TPSA) is 123 Å². The van der Waals surface area contributed by atoms with Gasteiger partial charge in [-0.2, -0.15) is 0 Å². The Bertz CT molecular complexity index is 312. The van der Waals surface area contributed by atoms with E-state index in [-0.39, 0.29) is 5.96 Å². The van der Waals surface area contributed by atoms with Gasteiger partial charge in [0.1, 0.15) is 18.2 Å². The summed E-state index contributed by atoms with van der Waals surface area (Å²) in [7, 11) is 0. The quantitative estimate of drug-likeness (QED) is 0.370. The molecule has 1 fully saturated rings. The van der Waals surface area contributed by atoms with Gasteiger partial charge >= 0.3 is 0 Å². The van der Waals surface area contributed by atoms with Gasteiger partial charge in [0.15, 0.2) is 12.2 Å². The Kier molecular flexibility index (Phi) is 4.55. The number of aliphatic hydroxyl groups excluding tert-OH is 2. The molecule has 0 aromatic carbocycles. The SMILES string of the molecule is C[C@H]1O[C@@H](OC(C)(C)C)[C@@H](O)C(N=C(N)N)[C@@H]1O. The molecule has 1 aliphatic rings. The van der Waals surface area contributed by atoms with E-state index in [4.69, 9.17) is 20.9 Å². The highest BCUT2D eigenvalue weighted by molar-refractivity contribution is 5.76. The summed E-state index contributed by atoms with van der Waals surface area (Å²) < 4.78 is 11.0. The van der Waals surface area contributed by atoms with Crippen LogP contribution in [0.25, 0.3) is 0 Å². The Morgan fingerprint density at radius 2 is 1.78 bits per heavy atom. The summed E-state index contributed by atoms with van der Waals surface area (Å²) in [5, 5.41) is 20.0. The van der Waals surface area contributed by atoms with Crippen LogP contribution in [-0.2, 0) is 9.47 Å². The number of nitrogens with zero attached hydrogens (tertiary/aromatic N) is 1. The molecule has 0 radical (unpaired) electrons. The minimum atomic E-state index is -1.13. The minimum Gasteiger partial charge on any atom is -0.388 e. The molecule has 6 N–H and O–H groups in total. The lowest BCUT2D eigenvalue weighted by atomic mass is 9.97. The summed E-state index contributed by atoms with van der Waals surface area (Å²) in [6.45, 7) is 7.20. The standard InChI is InChI=1S/C11H23N3O4/c1-5-7(15)6(14-10(12)13)8(16)9(17-5)18-11(2,3)4/h5-9,15-16H,1-4H3,(H4,12,13,14)/t5-,6?,7-,8+,9+/m1/s1. The first kappa shape index (κ1) is 15.2. The van der Waals surface area contributed by atoms with Crippen LogP contribution < -0.4 is 11.5 Å². The van der Waals surface area contributed by atoms with Crippen molar-refractivity contribution >= 4 is 5.96 Å². The van der Waals surface area contributed by atoms with Gasteiger partial charge in [0, 0.05) is 0 Å². The van der Waals surface area contributed by atoms with Gasteiger partial charge in [-0.15, -0.1) is 0 Å². The van der Waals surface area contributed by atoms with E-state index in [0.29, 0.717) is 0 Å². The molecule has 1 rings (SSSR count). The molecule has 1 aliphatic heterocycles. The number of guanidine groups is 1. The molecule has 5 atom stereocenters. The van der Waals surface area contributed by atoms with Crippen molar-refractivity contribution in [1.82, 2.24) is 0 Å². The fraction of sp³-hybridized carbons (Fsp3) is 0.909. The number of hydrogen-bond acceptors (Lipinski definition) is 5. The van der Waals surface area contributed by atoms with Crippen molar-refractivity contribution in [2.45, 2.75) is 63.9 Å². The smallest absolute Gasteiger partial charge is 0.186 e. The van der Waals surface area contributed by atoms with Crippen LogP contribution in [0.1, 0.15) is 27.7 Å². The van der Waals surface area contributed by atoms with Crippen LogP contribution in [0.15, 0.2) is 4.99 Å². The third-order valence-corrected chi connectivity index (χ3v) is 2.58. The highest BCUT2D eigenvalue weighted by Gasteiger charge is 2.44. The van der Waals surface area contributed by atoms with E-state index in [9.17, 15) is 10.2 Å². The molecular formula is C11H23N3O4. The molecule has 0 aromatic heterocycles. The van der Waals surface area contributed by atoms with Crippen LogP contribution in [-0.4, -0.2) is 52.4 Å². The van der Waals surface area contributed by atoms with Crippen molar-refractivity contribution < 1.29 is 19.7 Å². The molecule has 0 saturated carbocycles. The molecule has 0 aliphatic carbocycles. The molecule has 18 heavy (non-hydrogen) atoms. The molecule has 7 nitrogen and oxygen atoms in total. The number of aliphatic imine (C=N–C) groups is 1. The average Bonchev–Trinajstić information content (AvgIpc) is 2.18.